The lowest BCUT2D eigenvalue weighted by atomic mass is 10.2. The summed E-state index contributed by atoms with van der Waals surface area (Å²) in [6.07, 6.45) is 0. The number of carbonyl (C=O) groups excluding carboxylic acids is 1. The molecule has 1 aromatic heterocycles. The Hall–Kier alpha value is -1.63. The Kier molecular flexibility index (Phi) is 2.55. The second-order valence-corrected chi connectivity index (χ2v) is 3.46. The van der Waals surface area contributed by atoms with Crippen LogP contribution in [-0.2, 0) is 4.74 Å². The van der Waals surface area contributed by atoms with E-state index in [2.05, 4.69) is 15.2 Å². The second kappa shape index (κ2) is 3.85. The minimum atomic E-state index is -0.185. The summed E-state index contributed by atoms with van der Waals surface area (Å²) >= 11 is 0. The maximum absolute atomic E-state index is 11.9. The second-order valence-electron chi connectivity index (χ2n) is 3.46. The number of nitrogens with two attached hydrogens (primary N) is 1. The van der Waals surface area contributed by atoms with Crippen molar-refractivity contribution >= 4 is 11.9 Å². The molecule has 1 aliphatic heterocycles. The van der Waals surface area contributed by atoms with Gasteiger partial charge in [0.15, 0.2) is 0 Å². The number of morpholine rings is 1. The number of hydrogen-bond acceptors (Lipinski definition) is 5. The molecule has 1 aliphatic rings. The first-order valence-electron chi connectivity index (χ1n) is 4.75. The molecule has 0 aromatic carbocycles. The van der Waals surface area contributed by atoms with Crippen LogP contribution in [0.15, 0.2) is 0 Å². The Balaban J connectivity index is 2.13. The van der Waals surface area contributed by atoms with Crippen molar-refractivity contribution in [3.05, 3.63) is 5.82 Å². The van der Waals surface area contributed by atoms with Crippen LogP contribution in [0.5, 0.6) is 0 Å². The number of anilines is 1. The molecule has 7 heteroatoms. The van der Waals surface area contributed by atoms with Gasteiger partial charge in [0.05, 0.1) is 19.3 Å². The van der Waals surface area contributed by atoms with Crippen LogP contribution in [0, 0.1) is 0 Å². The van der Waals surface area contributed by atoms with Crippen molar-refractivity contribution in [1.82, 2.24) is 20.1 Å². The third-order valence-electron chi connectivity index (χ3n) is 2.33. The van der Waals surface area contributed by atoms with E-state index in [1.54, 1.807) is 4.90 Å². The van der Waals surface area contributed by atoms with Crippen LogP contribution in [0.2, 0.25) is 0 Å². The number of nitrogen functional groups attached to an aromatic ring is 1. The molecule has 1 amide bonds. The molecule has 0 saturated carbocycles. The zero-order chi connectivity index (χ0) is 10.8. The van der Waals surface area contributed by atoms with Crippen molar-refractivity contribution in [2.24, 2.45) is 0 Å². The van der Waals surface area contributed by atoms with Gasteiger partial charge in [-0.2, -0.15) is 4.98 Å². The molecule has 15 heavy (non-hydrogen) atoms. The summed E-state index contributed by atoms with van der Waals surface area (Å²) in [5.74, 6) is 0.0792. The average Bonchev–Trinajstić information content (AvgIpc) is 2.65. The number of hydrogen-bond donors (Lipinski definition) is 2. The molecular formula is C8H13N5O2. The lowest BCUT2D eigenvalue weighted by Crippen LogP contribution is -2.47. The molecule has 1 fully saturated rings. The molecule has 0 spiro atoms. The van der Waals surface area contributed by atoms with Crippen LogP contribution in [-0.4, -0.2) is 51.8 Å². The van der Waals surface area contributed by atoms with Crippen LogP contribution in [0.4, 0.5) is 5.95 Å². The molecule has 82 valence electrons. The molecule has 1 atom stereocenters. The van der Waals surface area contributed by atoms with Crippen LogP contribution < -0.4 is 5.73 Å². The lowest BCUT2D eigenvalue weighted by molar-refractivity contribution is 0.00295. The normalized spacial score (nSPS) is 21.7. The number of aromatic nitrogens is 3. The summed E-state index contributed by atoms with van der Waals surface area (Å²) in [5.41, 5.74) is 5.33. The Bertz CT molecular complexity index is 364. The molecule has 1 aromatic rings. The highest BCUT2D eigenvalue weighted by Crippen LogP contribution is 2.09. The van der Waals surface area contributed by atoms with Gasteiger partial charge < -0.3 is 15.4 Å². The molecule has 3 N–H and O–H groups in total. The van der Waals surface area contributed by atoms with E-state index in [-0.39, 0.29) is 23.7 Å². The zero-order valence-electron chi connectivity index (χ0n) is 8.43. The summed E-state index contributed by atoms with van der Waals surface area (Å²) in [6, 6.07) is 0.0533. The summed E-state index contributed by atoms with van der Waals surface area (Å²) in [6.45, 7) is 3.60. The van der Waals surface area contributed by atoms with Crippen LogP contribution >= 0.6 is 0 Å². The highest BCUT2D eigenvalue weighted by Gasteiger charge is 2.26. The molecule has 7 nitrogen and oxygen atoms in total. The van der Waals surface area contributed by atoms with E-state index in [9.17, 15) is 4.79 Å². The molecule has 0 bridgehead atoms. The van der Waals surface area contributed by atoms with Gasteiger partial charge in [0.1, 0.15) is 0 Å². The number of ether oxygens (including phenoxy) is 1. The fourth-order valence-electron chi connectivity index (χ4n) is 1.54. The van der Waals surface area contributed by atoms with Gasteiger partial charge in [-0.05, 0) is 6.92 Å². The van der Waals surface area contributed by atoms with Gasteiger partial charge in [0.2, 0.25) is 11.8 Å². The fourth-order valence-corrected chi connectivity index (χ4v) is 1.54. The van der Waals surface area contributed by atoms with Gasteiger partial charge in [-0.15, -0.1) is 5.10 Å². The SMILES string of the molecule is C[C@@H]1COCCN1C(=O)c1nc(N)n[nH]1. The third kappa shape index (κ3) is 1.91. The van der Waals surface area contributed by atoms with Crippen molar-refractivity contribution in [3.63, 3.8) is 0 Å². The predicted octanol–water partition coefficient (Wildman–Crippen LogP) is -0.752. The van der Waals surface area contributed by atoms with E-state index in [4.69, 9.17) is 10.5 Å². The molecule has 0 aliphatic carbocycles. The highest BCUT2D eigenvalue weighted by molar-refractivity contribution is 5.90. The Morgan fingerprint density at radius 3 is 3.13 bits per heavy atom. The van der Waals surface area contributed by atoms with Crippen molar-refractivity contribution in [1.29, 1.82) is 0 Å². The zero-order valence-corrected chi connectivity index (χ0v) is 8.43. The van der Waals surface area contributed by atoms with Crippen molar-refractivity contribution in [3.8, 4) is 0 Å². The minimum absolute atomic E-state index is 0.0533. The number of H-pyrrole nitrogens is 1. The number of rotatable bonds is 1. The summed E-state index contributed by atoms with van der Waals surface area (Å²) in [4.78, 5) is 17.4. The molecule has 0 radical (unpaired) electrons. The monoisotopic (exact) mass is 211 g/mol. The Morgan fingerprint density at radius 2 is 2.53 bits per heavy atom. The average molecular weight is 211 g/mol. The smallest absolute Gasteiger partial charge is 0.291 e. The van der Waals surface area contributed by atoms with Crippen molar-refractivity contribution < 1.29 is 9.53 Å². The molecule has 2 rings (SSSR count). The standard InChI is InChI=1S/C8H13N5O2/c1-5-4-15-3-2-13(5)7(14)6-10-8(9)12-11-6/h5H,2-4H2,1H3,(H3,9,10,11,12)/t5-/m1/s1. The van der Waals surface area contributed by atoms with Gasteiger partial charge in [0.25, 0.3) is 5.91 Å². The first kappa shape index (κ1) is 9.91. The summed E-state index contributed by atoms with van der Waals surface area (Å²) in [5, 5.41) is 6.13. The highest BCUT2D eigenvalue weighted by atomic mass is 16.5. The molecule has 1 saturated heterocycles. The maximum Gasteiger partial charge on any atom is 0.291 e. The van der Waals surface area contributed by atoms with E-state index in [0.29, 0.717) is 19.8 Å². The quantitative estimate of drug-likeness (QED) is 0.637. The van der Waals surface area contributed by atoms with Gasteiger partial charge in [0, 0.05) is 6.54 Å². The van der Waals surface area contributed by atoms with Crippen LogP contribution in [0.1, 0.15) is 17.5 Å². The maximum atomic E-state index is 11.9. The third-order valence-corrected chi connectivity index (χ3v) is 2.33. The van der Waals surface area contributed by atoms with Gasteiger partial charge in [-0.25, -0.2) is 0 Å². The summed E-state index contributed by atoms with van der Waals surface area (Å²) in [7, 11) is 0. The van der Waals surface area contributed by atoms with Crippen LogP contribution in [0.25, 0.3) is 0 Å². The number of aromatic amines is 1. The van der Waals surface area contributed by atoms with Crippen molar-refractivity contribution in [2.75, 3.05) is 25.5 Å². The number of nitrogens with one attached hydrogen (secondary N) is 1. The molecule has 0 unspecified atom stereocenters. The summed E-state index contributed by atoms with van der Waals surface area (Å²) < 4.78 is 5.24. The van der Waals surface area contributed by atoms with Crippen molar-refractivity contribution in [2.45, 2.75) is 13.0 Å². The van der Waals surface area contributed by atoms with E-state index in [0.717, 1.165) is 0 Å². The van der Waals surface area contributed by atoms with E-state index in [1.165, 1.54) is 0 Å². The van der Waals surface area contributed by atoms with Gasteiger partial charge in [-0.1, -0.05) is 0 Å². The predicted molar refractivity (Wildman–Crippen MR) is 52.1 cm³/mol. The van der Waals surface area contributed by atoms with E-state index >= 15 is 0 Å². The molecule has 2 heterocycles. The molecular weight excluding hydrogens is 198 g/mol. The Morgan fingerprint density at radius 1 is 1.73 bits per heavy atom. The topological polar surface area (TPSA) is 97.1 Å². The van der Waals surface area contributed by atoms with E-state index in [1.807, 2.05) is 6.92 Å². The number of nitrogens with zero attached hydrogens (tertiary/aromatic N) is 3. The first-order chi connectivity index (χ1) is 7.18. The van der Waals surface area contributed by atoms with Gasteiger partial charge in [-0.3, -0.25) is 9.89 Å². The number of amides is 1. The largest absolute Gasteiger partial charge is 0.377 e. The fraction of sp³-hybridized carbons (Fsp3) is 0.625. The lowest BCUT2D eigenvalue weighted by Gasteiger charge is -2.32. The van der Waals surface area contributed by atoms with Crippen LogP contribution in [0.3, 0.4) is 0 Å². The minimum Gasteiger partial charge on any atom is -0.377 e. The van der Waals surface area contributed by atoms with E-state index < -0.39 is 0 Å². The first-order valence-corrected chi connectivity index (χ1v) is 4.75. The van der Waals surface area contributed by atoms with Gasteiger partial charge >= 0.3 is 0 Å². The number of carbonyl (C=O) groups is 1. The Labute approximate surface area is 86.6 Å².